The Morgan fingerprint density at radius 1 is 1.50 bits per heavy atom. The quantitative estimate of drug-likeness (QED) is 0.423. The zero-order valence-corrected chi connectivity index (χ0v) is 9.95. The van der Waals surface area contributed by atoms with Gasteiger partial charge in [0.25, 0.3) is 5.91 Å². The van der Waals surface area contributed by atoms with Crippen LogP contribution in [0.4, 0.5) is 10.2 Å². The molecule has 0 aliphatic carbocycles. The molecule has 5 N–H and O–H groups in total. The summed E-state index contributed by atoms with van der Waals surface area (Å²) in [5, 5.41) is 4.72. The topological polar surface area (TPSA) is 109 Å². The predicted octanol–water partition coefficient (Wildman–Crippen LogP) is -0.629. The third-order valence-electron chi connectivity index (χ3n) is 2.26. The lowest BCUT2D eigenvalue weighted by molar-refractivity contribution is -0.122. The van der Waals surface area contributed by atoms with E-state index in [2.05, 4.69) is 15.6 Å². The van der Waals surface area contributed by atoms with Crippen molar-refractivity contribution < 1.29 is 14.0 Å². The zero-order chi connectivity index (χ0) is 13.7. The summed E-state index contributed by atoms with van der Waals surface area (Å²) in [5.74, 6) is 2.83. The van der Waals surface area contributed by atoms with Gasteiger partial charge in [-0.25, -0.2) is 15.2 Å². The fraction of sp³-hybridized carbons (Fsp3) is 0.300. The van der Waals surface area contributed by atoms with Crippen LogP contribution in [0.15, 0.2) is 12.3 Å². The number of hydrogen-bond donors (Lipinski definition) is 4. The molecule has 1 aromatic rings. The van der Waals surface area contributed by atoms with Gasteiger partial charge >= 0.3 is 0 Å². The van der Waals surface area contributed by atoms with Gasteiger partial charge in [0.2, 0.25) is 5.91 Å². The lowest BCUT2D eigenvalue weighted by atomic mass is 10.2. The highest BCUT2D eigenvalue weighted by atomic mass is 19.1. The van der Waals surface area contributed by atoms with Crippen molar-refractivity contribution in [2.75, 3.05) is 12.5 Å². The van der Waals surface area contributed by atoms with Gasteiger partial charge < -0.3 is 16.1 Å². The minimum atomic E-state index is -0.874. The number of amides is 2. The van der Waals surface area contributed by atoms with Gasteiger partial charge in [0.05, 0.1) is 5.56 Å². The molecular weight excluding hydrogens is 241 g/mol. The largest absolute Gasteiger partial charge is 0.357 e. The van der Waals surface area contributed by atoms with Crippen LogP contribution in [0.5, 0.6) is 0 Å². The van der Waals surface area contributed by atoms with Gasteiger partial charge in [-0.1, -0.05) is 0 Å². The average Bonchev–Trinajstić information content (AvgIpc) is 2.37. The molecule has 0 aromatic carbocycles. The summed E-state index contributed by atoms with van der Waals surface area (Å²) in [7, 11) is 1.44. The Bertz CT molecular complexity index is 466. The molecule has 0 radical (unpaired) electrons. The second-order valence-corrected chi connectivity index (χ2v) is 3.47. The first-order valence-corrected chi connectivity index (χ1v) is 5.14. The van der Waals surface area contributed by atoms with Crippen molar-refractivity contribution in [3.8, 4) is 0 Å². The van der Waals surface area contributed by atoms with Crippen LogP contribution in [0.3, 0.4) is 0 Å². The maximum Gasteiger partial charge on any atom is 0.255 e. The molecule has 2 amide bonds. The maximum atomic E-state index is 13.7. The van der Waals surface area contributed by atoms with Gasteiger partial charge in [-0.15, -0.1) is 0 Å². The highest BCUT2D eigenvalue weighted by Gasteiger charge is 2.19. The van der Waals surface area contributed by atoms with Crippen molar-refractivity contribution in [2.45, 2.75) is 13.0 Å². The first-order valence-electron chi connectivity index (χ1n) is 5.14. The van der Waals surface area contributed by atoms with Crippen molar-refractivity contribution in [3.05, 3.63) is 23.6 Å². The molecule has 0 saturated heterocycles. The van der Waals surface area contributed by atoms with Crippen LogP contribution >= 0.6 is 0 Å². The molecule has 0 bridgehead atoms. The van der Waals surface area contributed by atoms with E-state index < -0.39 is 17.8 Å². The van der Waals surface area contributed by atoms with Crippen molar-refractivity contribution in [2.24, 2.45) is 5.84 Å². The zero-order valence-electron chi connectivity index (χ0n) is 9.95. The van der Waals surface area contributed by atoms with Crippen molar-refractivity contribution in [1.82, 2.24) is 15.6 Å². The Morgan fingerprint density at radius 3 is 2.72 bits per heavy atom. The summed E-state index contributed by atoms with van der Waals surface area (Å²) < 4.78 is 13.7. The average molecular weight is 255 g/mol. The minimum Gasteiger partial charge on any atom is -0.357 e. The molecule has 18 heavy (non-hydrogen) atoms. The van der Waals surface area contributed by atoms with Crippen molar-refractivity contribution >= 4 is 17.6 Å². The molecule has 1 aromatic heterocycles. The number of nitrogens with zero attached hydrogens (tertiary/aromatic N) is 1. The molecule has 0 saturated carbocycles. The van der Waals surface area contributed by atoms with E-state index in [1.807, 2.05) is 5.43 Å². The number of nitrogens with two attached hydrogens (primary N) is 1. The number of hydrogen-bond acceptors (Lipinski definition) is 5. The Morgan fingerprint density at radius 2 is 2.17 bits per heavy atom. The minimum absolute atomic E-state index is 0.241. The highest BCUT2D eigenvalue weighted by Crippen LogP contribution is 2.13. The Labute approximate surface area is 103 Å². The number of halogens is 1. The molecule has 0 spiro atoms. The normalized spacial score (nSPS) is 11.6. The molecule has 0 aliphatic heterocycles. The number of nitrogen functional groups attached to an aromatic ring is 1. The van der Waals surface area contributed by atoms with E-state index in [9.17, 15) is 14.0 Å². The summed E-state index contributed by atoms with van der Waals surface area (Å²) in [6.45, 7) is 1.48. The number of carbonyl (C=O) groups excluding carboxylic acids is 2. The van der Waals surface area contributed by atoms with Gasteiger partial charge in [0.1, 0.15) is 6.04 Å². The fourth-order valence-corrected chi connectivity index (χ4v) is 1.28. The van der Waals surface area contributed by atoms with E-state index in [4.69, 9.17) is 5.84 Å². The summed E-state index contributed by atoms with van der Waals surface area (Å²) in [6, 6.07) is 0.423. The van der Waals surface area contributed by atoms with E-state index in [1.54, 1.807) is 0 Å². The Hall–Kier alpha value is -2.22. The predicted molar refractivity (Wildman–Crippen MR) is 63.0 cm³/mol. The molecule has 1 unspecified atom stereocenters. The van der Waals surface area contributed by atoms with Crippen molar-refractivity contribution in [3.63, 3.8) is 0 Å². The second kappa shape index (κ2) is 5.92. The standard InChI is InChI=1S/C10H14FN5O2/c1-5(9(17)13-2)15-10(18)6-3-4-14-8(16-12)7(6)11/h3-5H,12H2,1-2H3,(H,13,17)(H,14,16)(H,15,18). The van der Waals surface area contributed by atoms with Gasteiger partial charge in [-0.3, -0.25) is 9.59 Å². The van der Waals surface area contributed by atoms with E-state index in [1.165, 1.54) is 26.2 Å². The summed E-state index contributed by atoms with van der Waals surface area (Å²) >= 11 is 0. The Balaban J connectivity index is 2.88. The Kier molecular flexibility index (Phi) is 4.55. The number of likely N-dealkylation sites (N-methyl/N-ethyl adjacent to an activating group) is 1. The molecule has 1 atom stereocenters. The highest BCUT2D eigenvalue weighted by molar-refractivity contribution is 5.98. The summed E-state index contributed by atoms with van der Waals surface area (Å²) in [5.41, 5.74) is 1.79. The molecule has 1 heterocycles. The van der Waals surface area contributed by atoms with Gasteiger partial charge in [-0.2, -0.15) is 0 Å². The molecule has 8 heteroatoms. The maximum absolute atomic E-state index is 13.7. The van der Waals surface area contributed by atoms with Gasteiger partial charge in [0, 0.05) is 13.2 Å². The smallest absolute Gasteiger partial charge is 0.255 e. The number of rotatable bonds is 4. The lowest BCUT2D eigenvalue weighted by Gasteiger charge is -2.13. The monoisotopic (exact) mass is 255 g/mol. The summed E-state index contributed by atoms with van der Waals surface area (Å²) in [6.07, 6.45) is 1.23. The second-order valence-electron chi connectivity index (χ2n) is 3.47. The molecule has 7 nitrogen and oxygen atoms in total. The molecule has 98 valence electrons. The fourth-order valence-electron chi connectivity index (χ4n) is 1.28. The van der Waals surface area contributed by atoms with Crippen LogP contribution in [-0.2, 0) is 4.79 Å². The first-order chi connectivity index (χ1) is 8.51. The van der Waals surface area contributed by atoms with Crippen LogP contribution in [0.1, 0.15) is 17.3 Å². The third-order valence-corrected chi connectivity index (χ3v) is 2.26. The SMILES string of the molecule is CNC(=O)C(C)NC(=O)c1ccnc(NN)c1F. The number of hydrazine groups is 1. The van der Waals surface area contributed by atoms with Crippen LogP contribution in [0, 0.1) is 5.82 Å². The summed E-state index contributed by atoms with van der Waals surface area (Å²) in [4.78, 5) is 26.6. The van der Waals surface area contributed by atoms with Crippen LogP contribution in [-0.4, -0.2) is 29.9 Å². The lowest BCUT2D eigenvalue weighted by Crippen LogP contribution is -2.43. The van der Waals surface area contributed by atoms with Gasteiger partial charge in [-0.05, 0) is 13.0 Å². The van der Waals surface area contributed by atoms with E-state index >= 15 is 0 Å². The van der Waals surface area contributed by atoms with Crippen LogP contribution < -0.4 is 21.9 Å². The molecule has 0 aliphatic rings. The van der Waals surface area contributed by atoms with E-state index in [0.29, 0.717) is 0 Å². The number of anilines is 1. The molecular formula is C10H14FN5O2. The first kappa shape index (κ1) is 13.8. The van der Waals surface area contributed by atoms with Crippen molar-refractivity contribution in [1.29, 1.82) is 0 Å². The number of nitrogens with one attached hydrogen (secondary N) is 3. The molecule has 1 rings (SSSR count). The number of carbonyl (C=O) groups is 2. The van der Waals surface area contributed by atoms with E-state index in [0.717, 1.165) is 0 Å². The number of aromatic nitrogens is 1. The van der Waals surface area contributed by atoms with Crippen LogP contribution in [0.2, 0.25) is 0 Å². The van der Waals surface area contributed by atoms with E-state index in [-0.39, 0.29) is 17.3 Å². The van der Waals surface area contributed by atoms with Gasteiger partial charge in [0.15, 0.2) is 11.6 Å². The molecule has 0 fully saturated rings. The third kappa shape index (κ3) is 2.92. The van der Waals surface area contributed by atoms with Crippen LogP contribution in [0.25, 0.3) is 0 Å². The number of pyridine rings is 1.